The molecule has 1 spiro atoms. The number of nitrogens with zero attached hydrogens (tertiary/aromatic N) is 1. The van der Waals surface area contributed by atoms with Gasteiger partial charge in [0.05, 0.1) is 29.2 Å². The van der Waals surface area contributed by atoms with Crippen LogP contribution in [0.15, 0.2) is 0 Å². The Morgan fingerprint density at radius 2 is 2.04 bits per heavy atom. The highest BCUT2D eigenvalue weighted by Gasteiger charge is 2.75. The zero-order valence-corrected chi connectivity index (χ0v) is 19.2. The maximum absolute atomic E-state index is 13.5. The average Bonchev–Trinajstić information content (AvgIpc) is 3.21. The summed E-state index contributed by atoms with van der Waals surface area (Å²) in [4.78, 5) is 41.3. The van der Waals surface area contributed by atoms with Crippen LogP contribution in [0.5, 0.6) is 0 Å². The average molecular weight is 476 g/mol. The molecule has 158 valence electrons. The van der Waals surface area contributed by atoms with Gasteiger partial charge in [0.15, 0.2) is 0 Å². The van der Waals surface area contributed by atoms with Crippen LogP contribution in [0.3, 0.4) is 0 Å². The molecule has 0 radical (unpaired) electrons. The summed E-state index contributed by atoms with van der Waals surface area (Å²) in [7, 11) is 0. The Hall–Kier alpha value is -0.800. The second-order valence-electron chi connectivity index (χ2n) is 8.39. The van der Waals surface area contributed by atoms with Crippen LogP contribution < -0.4 is 10.6 Å². The van der Waals surface area contributed by atoms with E-state index in [2.05, 4.69) is 26.6 Å². The van der Waals surface area contributed by atoms with Gasteiger partial charge < -0.3 is 20.6 Å². The number of alkyl halides is 1. The molecule has 7 nitrogen and oxygen atoms in total. The van der Waals surface area contributed by atoms with Gasteiger partial charge in [0, 0.05) is 22.7 Å². The van der Waals surface area contributed by atoms with E-state index in [1.165, 1.54) is 4.90 Å². The molecule has 7 atom stereocenters. The number of hydrogen-bond donors (Lipinski definition) is 3. The van der Waals surface area contributed by atoms with Crippen molar-refractivity contribution in [1.82, 2.24) is 15.5 Å². The van der Waals surface area contributed by atoms with Gasteiger partial charge in [-0.25, -0.2) is 0 Å². The molecule has 3 heterocycles. The lowest BCUT2D eigenvalue weighted by atomic mass is 9.70. The van der Waals surface area contributed by atoms with Crippen molar-refractivity contribution in [2.75, 3.05) is 13.2 Å². The van der Waals surface area contributed by atoms with Crippen LogP contribution in [0.1, 0.15) is 40.5 Å². The summed E-state index contributed by atoms with van der Waals surface area (Å²) in [5.74, 6) is -1.49. The SMILES string of the molecule is CCCNC(=O)[C@H]1[C@@H]2SC3(CC2Br)C(C(=O)NC(C)C)N([C@H](C)CO)C(=O)[C@H]13. The van der Waals surface area contributed by atoms with Crippen LogP contribution >= 0.6 is 27.7 Å². The molecule has 9 heteroatoms. The van der Waals surface area contributed by atoms with E-state index in [-0.39, 0.29) is 40.4 Å². The minimum Gasteiger partial charge on any atom is -0.394 e. The van der Waals surface area contributed by atoms with E-state index in [1.54, 1.807) is 18.7 Å². The van der Waals surface area contributed by atoms with E-state index in [0.29, 0.717) is 13.0 Å². The summed E-state index contributed by atoms with van der Waals surface area (Å²) < 4.78 is -0.646. The molecule has 3 saturated heterocycles. The summed E-state index contributed by atoms with van der Waals surface area (Å²) in [5, 5.41) is 15.6. The maximum atomic E-state index is 13.5. The first-order valence-corrected chi connectivity index (χ1v) is 11.8. The minimum atomic E-state index is -0.687. The first kappa shape index (κ1) is 21.9. The molecule has 0 aliphatic carbocycles. The monoisotopic (exact) mass is 475 g/mol. The predicted octanol–water partition coefficient (Wildman–Crippen LogP) is 0.883. The van der Waals surface area contributed by atoms with Crippen molar-refractivity contribution in [1.29, 1.82) is 0 Å². The fraction of sp³-hybridized carbons (Fsp3) is 0.842. The largest absolute Gasteiger partial charge is 0.394 e. The van der Waals surface area contributed by atoms with Crippen molar-refractivity contribution >= 4 is 45.4 Å². The molecule has 0 aromatic heterocycles. The smallest absolute Gasteiger partial charge is 0.244 e. The van der Waals surface area contributed by atoms with Crippen LogP contribution in [0.25, 0.3) is 0 Å². The van der Waals surface area contributed by atoms with E-state index in [4.69, 9.17) is 0 Å². The molecule has 3 rings (SSSR count). The number of carbonyl (C=O) groups excluding carboxylic acids is 3. The van der Waals surface area contributed by atoms with Gasteiger partial charge in [-0.2, -0.15) is 0 Å². The lowest BCUT2D eigenvalue weighted by Crippen LogP contribution is -2.57. The molecule has 0 aromatic carbocycles. The number of aliphatic hydroxyl groups is 1. The van der Waals surface area contributed by atoms with Crippen LogP contribution in [-0.4, -0.2) is 73.8 Å². The second-order valence-corrected chi connectivity index (χ2v) is 11.1. The summed E-state index contributed by atoms with van der Waals surface area (Å²) in [5.41, 5.74) is 0. The van der Waals surface area contributed by atoms with Crippen molar-refractivity contribution in [2.24, 2.45) is 11.8 Å². The Balaban J connectivity index is 2.03. The van der Waals surface area contributed by atoms with E-state index < -0.39 is 28.7 Å². The number of aliphatic hydroxyl groups excluding tert-OH is 1. The van der Waals surface area contributed by atoms with E-state index >= 15 is 0 Å². The molecule has 3 N–H and O–H groups in total. The van der Waals surface area contributed by atoms with Gasteiger partial charge in [-0.15, -0.1) is 11.8 Å². The molecule has 3 fully saturated rings. The molecular formula is C19H30BrN3O4S. The third kappa shape index (κ3) is 3.27. The van der Waals surface area contributed by atoms with Crippen molar-refractivity contribution in [3.63, 3.8) is 0 Å². The van der Waals surface area contributed by atoms with Crippen molar-refractivity contribution < 1.29 is 19.5 Å². The second kappa shape index (κ2) is 8.14. The molecule has 2 bridgehead atoms. The predicted molar refractivity (Wildman–Crippen MR) is 112 cm³/mol. The van der Waals surface area contributed by atoms with E-state index in [9.17, 15) is 19.5 Å². The van der Waals surface area contributed by atoms with Crippen LogP contribution in [0.4, 0.5) is 0 Å². The number of nitrogens with one attached hydrogen (secondary N) is 2. The summed E-state index contributed by atoms with van der Waals surface area (Å²) >= 11 is 5.33. The molecule has 28 heavy (non-hydrogen) atoms. The number of carbonyl (C=O) groups is 3. The Morgan fingerprint density at radius 3 is 2.61 bits per heavy atom. The Morgan fingerprint density at radius 1 is 1.36 bits per heavy atom. The Kier molecular flexibility index (Phi) is 6.37. The highest BCUT2D eigenvalue weighted by Crippen LogP contribution is 2.67. The number of likely N-dealkylation sites (tertiary alicyclic amines) is 1. The van der Waals surface area contributed by atoms with Gasteiger partial charge in [0.1, 0.15) is 6.04 Å². The number of rotatable bonds is 7. The van der Waals surface area contributed by atoms with Gasteiger partial charge in [-0.3, -0.25) is 14.4 Å². The quantitative estimate of drug-likeness (QED) is 0.474. The van der Waals surface area contributed by atoms with Crippen molar-refractivity contribution in [3.8, 4) is 0 Å². The number of amides is 3. The maximum Gasteiger partial charge on any atom is 0.244 e. The third-order valence-corrected chi connectivity index (χ3v) is 9.22. The molecule has 3 aliphatic rings. The Bertz CT molecular complexity index is 663. The first-order chi connectivity index (χ1) is 13.2. The van der Waals surface area contributed by atoms with Crippen molar-refractivity contribution in [2.45, 2.75) is 73.5 Å². The number of hydrogen-bond acceptors (Lipinski definition) is 5. The Labute approximate surface area is 178 Å². The highest BCUT2D eigenvalue weighted by atomic mass is 79.9. The number of fused-ring (bicyclic) bond motifs is 1. The third-order valence-electron chi connectivity index (χ3n) is 6.00. The highest BCUT2D eigenvalue weighted by molar-refractivity contribution is 9.09. The van der Waals surface area contributed by atoms with Gasteiger partial charge in [0.25, 0.3) is 0 Å². The normalized spacial score (nSPS) is 37.3. The van der Waals surface area contributed by atoms with Crippen LogP contribution in [0.2, 0.25) is 0 Å². The summed E-state index contributed by atoms with van der Waals surface area (Å²) in [6, 6.07) is -1.23. The van der Waals surface area contributed by atoms with E-state index in [1.807, 2.05) is 20.8 Å². The van der Waals surface area contributed by atoms with Gasteiger partial charge in [-0.05, 0) is 33.6 Å². The van der Waals surface area contributed by atoms with Crippen molar-refractivity contribution in [3.05, 3.63) is 0 Å². The molecule has 3 aliphatic heterocycles. The molecule has 3 amide bonds. The molecule has 0 aromatic rings. The lowest BCUT2D eigenvalue weighted by molar-refractivity contribution is -0.142. The topological polar surface area (TPSA) is 98.7 Å². The fourth-order valence-electron chi connectivity index (χ4n) is 4.96. The number of halogens is 1. The summed E-state index contributed by atoms with van der Waals surface area (Å²) in [6.07, 6.45) is 1.48. The molecule has 3 unspecified atom stereocenters. The van der Waals surface area contributed by atoms with Crippen LogP contribution in [-0.2, 0) is 14.4 Å². The molecular weight excluding hydrogens is 446 g/mol. The molecule has 0 saturated carbocycles. The van der Waals surface area contributed by atoms with Gasteiger partial charge in [-0.1, -0.05) is 22.9 Å². The standard InChI is InChI=1S/C19H30BrN3O4S/c1-5-6-21-16(25)12-13-18(27)23(10(4)8-24)15(17(26)22-9(2)3)19(13)7-11(20)14(12)28-19/h9-15,24H,5-8H2,1-4H3,(H,21,25)(H,22,26)/t10-,11?,12-,13+,14-,15?,19?/m1/s1. The van der Waals surface area contributed by atoms with Crippen LogP contribution in [0, 0.1) is 11.8 Å². The zero-order chi connectivity index (χ0) is 20.8. The van der Waals surface area contributed by atoms with Gasteiger partial charge >= 0.3 is 0 Å². The first-order valence-electron chi connectivity index (χ1n) is 10.0. The minimum absolute atomic E-state index is 0.0354. The van der Waals surface area contributed by atoms with E-state index in [0.717, 1.165) is 6.42 Å². The lowest BCUT2D eigenvalue weighted by Gasteiger charge is -2.37. The number of thioether (sulfide) groups is 1. The zero-order valence-electron chi connectivity index (χ0n) is 16.8. The fourth-order valence-corrected chi connectivity index (χ4v) is 8.56. The van der Waals surface area contributed by atoms with Gasteiger partial charge in [0.2, 0.25) is 17.7 Å². The summed E-state index contributed by atoms with van der Waals surface area (Å²) in [6.45, 7) is 7.86.